The third kappa shape index (κ3) is 3.20. The first-order valence-corrected chi connectivity index (χ1v) is 9.34. The van der Waals surface area contributed by atoms with Crippen LogP contribution in [0.4, 0.5) is 16.0 Å². The maximum absolute atomic E-state index is 13.1. The minimum absolute atomic E-state index is 0.0601. The van der Waals surface area contributed by atoms with Crippen molar-refractivity contribution in [2.45, 2.75) is 9.92 Å². The smallest absolute Gasteiger partial charge is 0.223 e. The lowest BCUT2D eigenvalue weighted by Crippen LogP contribution is -2.07. The van der Waals surface area contributed by atoms with Crippen LogP contribution in [0.15, 0.2) is 70.6 Å². The molecule has 2 aromatic heterocycles. The van der Waals surface area contributed by atoms with Crippen LogP contribution in [0.5, 0.6) is 5.88 Å². The molecule has 0 saturated carbocycles. The van der Waals surface area contributed by atoms with Crippen molar-refractivity contribution in [2.24, 2.45) is 0 Å². The van der Waals surface area contributed by atoms with E-state index < -0.39 is 15.7 Å². The van der Waals surface area contributed by atoms with Gasteiger partial charge in [0.15, 0.2) is 10.8 Å². The quantitative estimate of drug-likeness (QED) is 0.466. The van der Waals surface area contributed by atoms with Gasteiger partial charge in [0.2, 0.25) is 15.7 Å². The Balaban J connectivity index is 1.87. The van der Waals surface area contributed by atoms with E-state index in [9.17, 15) is 17.9 Å². The normalized spacial score (nSPS) is 11.6. The number of aromatic amines is 1. The first-order valence-electron chi connectivity index (χ1n) is 7.85. The van der Waals surface area contributed by atoms with Gasteiger partial charge in [0.25, 0.3) is 0 Å². The average molecular weight is 384 g/mol. The number of hydrogen-bond donors (Lipinski definition) is 3. The molecule has 0 aliphatic carbocycles. The van der Waals surface area contributed by atoms with E-state index in [2.05, 4.69) is 20.5 Å². The van der Waals surface area contributed by atoms with Gasteiger partial charge in [-0.25, -0.2) is 22.9 Å². The Morgan fingerprint density at radius 3 is 2.48 bits per heavy atom. The number of aromatic nitrogens is 3. The van der Waals surface area contributed by atoms with Gasteiger partial charge in [-0.2, -0.15) is 5.10 Å². The number of nitrogens with zero attached hydrogens (tertiary/aromatic N) is 2. The molecule has 0 amide bonds. The lowest BCUT2D eigenvalue weighted by atomic mass is 10.1. The molecule has 0 fully saturated rings. The second-order valence-corrected chi connectivity index (χ2v) is 7.65. The van der Waals surface area contributed by atoms with Gasteiger partial charge < -0.3 is 10.4 Å². The van der Waals surface area contributed by atoms with Crippen molar-refractivity contribution in [3.63, 3.8) is 0 Å². The molecule has 4 rings (SSSR count). The van der Waals surface area contributed by atoms with Gasteiger partial charge in [-0.3, -0.25) is 0 Å². The van der Waals surface area contributed by atoms with Crippen LogP contribution in [0, 0.1) is 5.82 Å². The number of benzene rings is 2. The topological polar surface area (TPSA) is 108 Å². The standard InChI is InChI=1S/C18H13FN4O3S/c19-12-5-7-13(8-6-12)27(25,26)17-9-11-3-1-2-4-14(11)18(21-17)20-15-10-16(24)23-22-15/h1-10H,(H3,20,21,22,23,24). The highest BCUT2D eigenvalue weighted by Gasteiger charge is 2.21. The van der Waals surface area contributed by atoms with Crippen molar-refractivity contribution in [3.05, 3.63) is 66.5 Å². The lowest BCUT2D eigenvalue weighted by Gasteiger charge is -2.11. The summed E-state index contributed by atoms with van der Waals surface area (Å²) in [7, 11) is -3.95. The van der Waals surface area contributed by atoms with Gasteiger partial charge in [0, 0.05) is 11.5 Å². The van der Waals surface area contributed by atoms with E-state index in [1.54, 1.807) is 24.3 Å². The van der Waals surface area contributed by atoms with E-state index in [-0.39, 0.29) is 27.4 Å². The summed E-state index contributed by atoms with van der Waals surface area (Å²) in [5.74, 6) is -0.125. The Bertz CT molecular complexity index is 1240. The number of halogens is 1. The van der Waals surface area contributed by atoms with Crippen molar-refractivity contribution < 1.29 is 17.9 Å². The van der Waals surface area contributed by atoms with E-state index in [1.165, 1.54) is 24.3 Å². The number of fused-ring (bicyclic) bond motifs is 1. The zero-order valence-corrected chi connectivity index (χ0v) is 14.5. The fourth-order valence-corrected chi connectivity index (χ4v) is 3.87. The Labute approximate surface area is 153 Å². The molecule has 2 aromatic carbocycles. The lowest BCUT2D eigenvalue weighted by molar-refractivity contribution is 0.452. The van der Waals surface area contributed by atoms with Crippen LogP contribution in [0.25, 0.3) is 10.8 Å². The summed E-state index contributed by atoms with van der Waals surface area (Å²) in [6.45, 7) is 0. The molecule has 0 radical (unpaired) electrons. The maximum atomic E-state index is 13.1. The fraction of sp³-hybridized carbons (Fsp3) is 0. The molecule has 27 heavy (non-hydrogen) atoms. The Morgan fingerprint density at radius 1 is 1.04 bits per heavy atom. The van der Waals surface area contributed by atoms with Crippen molar-refractivity contribution in [2.75, 3.05) is 5.32 Å². The highest BCUT2D eigenvalue weighted by Crippen LogP contribution is 2.29. The van der Waals surface area contributed by atoms with Crippen molar-refractivity contribution in [1.29, 1.82) is 0 Å². The number of nitrogens with one attached hydrogen (secondary N) is 2. The predicted octanol–water partition coefficient (Wildman–Crippen LogP) is 3.38. The fourth-order valence-electron chi connectivity index (χ4n) is 2.64. The second-order valence-electron chi connectivity index (χ2n) is 5.75. The Kier molecular flexibility index (Phi) is 4.00. The molecular formula is C18H13FN4O3S. The number of rotatable bonds is 4. The molecule has 7 nitrogen and oxygen atoms in total. The van der Waals surface area contributed by atoms with Crippen LogP contribution in [0.1, 0.15) is 0 Å². The number of anilines is 2. The molecule has 0 bridgehead atoms. The summed E-state index contributed by atoms with van der Waals surface area (Å²) in [6, 6.07) is 14.5. The Hall–Kier alpha value is -3.46. The highest BCUT2D eigenvalue weighted by atomic mass is 32.2. The molecule has 4 aromatic rings. The molecule has 136 valence electrons. The molecule has 9 heteroatoms. The summed E-state index contributed by atoms with van der Waals surface area (Å²) >= 11 is 0. The second kappa shape index (κ2) is 6.36. The number of hydrogen-bond acceptors (Lipinski definition) is 6. The molecule has 0 unspecified atom stereocenters. The summed E-state index contributed by atoms with van der Waals surface area (Å²) in [6.07, 6.45) is 0. The van der Waals surface area contributed by atoms with Gasteiger partial charge in [0.1, 0.15) is 11.6 Å². The zero-order valence-electron chi connectivity index (χ0n) is 13.7. The highest BCUT2D eigenvalue weighted by molar-refractivity contribution is 7.91. The number of pyridine rings is 1. The first-order chi connectivity index (χ1) is 12.9. The van der Waals surface area contributed by atoms with Gasteiger partial charge in [-0.05, 0) is 35.7 Å². The van der Waals surface area contributed by atoms with Crippen LogP contribution in [0.2, 0.25) is 0 Å². The molecule has 0 aliphatic rings. The summed E-state index contributed by atoms with van der Waals surface area (Å²) in [5, 5.41) is 19.7. The van der Waals surface area contributed by atoms with Crippen LogP contribution in [0.3, 0.4) is 0 Å². The predicted molar refractivity (Wildman–Crippen MR) is 97.1 cm³/mol. The van der Waals surface area contributed by atoms with Crippen molar-refractivity contribution in [1.82, 2.24) is 15.2 Å². The van der Waals surface area contributed by atoms with E-state index in [0.717, 1.165) is 12.1 Å². The number of H-pyrrole nitrogens is 1. The third-order valence-electron chi connectivity index (χ3n) is 3.93. The molecule has 0 spiro atoms. The van der Waals surface area contributed by atoms with Gasteiger partial charge >= 0.3 is 0 Å². The minimum atomic E-state index is -3.95. The van der Waals surface area contributed by atoms with Crippen LogP contribution >= 0.6 is 0 Å². The minimum Gasteiger partial charge on any atom is -0.494 e. The van der Waals surface area contributed by atoms with Crippen molar-refractivity contribution in [3.8, 4) is 5.88 Å². The summed E-state index contributed by atoms with van der Waals surface area (Å²) in [4.78, 5) is 4.19. The molecule has 0 aliphatic heterocycles. The largest absolute Gasteiger partial charge is 0.494 e. The molecular weight excluding hydrogens is 371 g/mol. The molecule has 0 atom stereocenters. The van der Waals surface area contributed by atoms with Gasteiger partial charge in [0.05, 0.1) is 4.90 Å². The summed E-state index contributed by atoms with van der Waals surface area (Å²) in [5.41, 5.74) is 0. The van der Waals surface area contributed by atoms with Gasteiger partial charge in [-0.15, -0.1) is 0 Å². The Morgan fingerprint density at radius 2 is 1.78 bits per heavy atom. The van der Waals surface area contributed by atoms with E-state index >= 15 is 0 Å². The zero-order chi connectivity index (χ0) is 19.0. The monoisotopic (exact) mass is 384 g/mol. The number of aromatic hydroxyl groups is 1. The van der Waals surface area contributed by atoms with E-state index in [1.807, 2.05) is 0 Å². The van der Waals surface area contributed by atoms with Crippen molar-refractivity contribution >= 4 is 32.2 Å². The van der Waals surface area contributed by atoms with Gasteiger partial charge in [-0.1, -0.05) is 24.3 Å². The van der Waals surface area contributed by atoms with Crippen LogP contribution in [-0.2, 0) is 9.84 Å². The van der Waals surface area contributed by atoms with Crippen LogP contribution in [-0.4, -0.2) is 28.7 Å². The van der Waals surface area contributed by atoms with E-state index in [4.69, 9.17) is 0 Å². The SMILES string of the molecule is O=S(=O)(c1ccc(F)cc1)c1cc2ccccc2c(Nc2cc(O)[nH]n2)n1. The molecule has 2 heterocycles. The molecule has 0 saturated heterocycles. The summed E-state index contributed by atoms with van der Waals surface area (Å²) < 4.78 is 39.0. The molecule has 3 N–H and O–H groups in total. The van der Waals surface area contributed by atoms with Crippen LogP contribution < -0.4 is 5.32 Å². The third-order valence-corrected chi connectivity index (χ3v) is 5.58. The maximum Gasteiger partial charge on any atom is 0.223 e. The first kappa shape index (κ1) is 17.0. The number of sulfone groups is 1. The van der Waals surface area contributed by atoms with E-state index in [0.29, 0.717) is 10.8 Å². The average Bonchev–Trinajstić information content (AvgIpc) is 3.07.